The number of benzene rings is 2. The first kappa shape index (κ1) is 24.4. The van der Waals surface area contributed by atoms with Crippen LogP contribution in [-0.4, -0.2) is 23.3 Å². The number of hydrogen-bond acceptors (Lipinski definition) is 8. The third-order valence-corrected chi connectivity index (χ3v) is 5.07. The fraction of sp³-hybridized carbons (Fsp3) is 0.150. The fourth-order valence-corrected chi connectivity index (χ4v) is 3.44. The Hall–Kier alpha value is -3.85. The molecule has 0 saturated heterocycles. The van der Waals surface area contributed by atoms with Gasteiger partial charge >= 0.3 is 12.1 Å². The summed E-state index contributed by atoms with van der Waals surface area (Å²) in [7, 11) is 0. The predicted molar refractivity (Wildman–Crippen MR) is 106 cm³/mol. The van der Waals surface area contributed by atoms with Crippen molar-refractivity contribution in [2.45, 2.75) is 22.9 Å². The highest BCUT2D eigenvalue weighted by Crippen LogP contribution is 2.40. The van der Waals surface area contributed by atoms with Gasteiger partial charge in [-0.25, -0.2) is 4.79 Å². The second-order valence-corrected chi connectivity index (χ2v) is 7.29. The Balaban J connectivity index is 2.31. The maximum absolute atomic E-state index is 12.9. The number of nitriles is 1. The maximum Gasteiger partial charge on any atom is 0.416 e. The van der Waals surface area contributed by atoms with Crippen molar-refractivity contribution in [2.75, 3.05) is 6.61 Å². The zero-order valence-electron chi connectivity index (χ0n) is 16.3. The zero-order chi connectivity index (χ0) is 24.1. The summed E-state index contributed by atoms with van der Waals surface area (Å²) in [6, 6.07) is 9.35. The van der Waals surface area contributed by atoms with E-state index in [0.29, 0.717) is 23.9 Å². The van der Waals surface area contributed by atoms with Gasteiger partial charge in [-0.2, -0.15) is 18.4 Å². The van der Waals surface area contributed by atoms with Crippen molar-refractivity contribution in [1.82, 2.24) is 0 Å². The molecule has 0 unspecified atom stereocenters. The van der Waals surface area contributed by atoms with Gasteiger partial charge in [0.15, 0.2) is 6.61 Å². The Labute approximate surface area is 183 Å². The SMILES string of the molecule is C/C(N)=C(/C#N)C(=O)COC(=O)c1ccccc1Sc1ccc(C(F)(F)F)cc1[N+](=O)[O-]. The van der Waals surface area contributed by atoms with Gasteiger partial charge in [0.05, 0.1) is 20.9 Å². The van der Waals surface area contributed by atoms with Crippen molar-refractivity contribution >= 4 is 29.2 Å². The quantitative estimate of drug-likeness (QED) is 0.211. The number of ketones is 1. The van der Waals surface area contributed by atoms with E-state index in [2.05, 4.69) is 0 Å². The van der Waals surface area contributed by atoms with Gasteiger partial charge in [-0.1, -0.05) is 23.9 Å². The molecular formula is C20H14F3N3O5S. The van der Waals surface area contributed by atoms with E-state index in [1.54, 1.807) is 6.07 Å². The van der Waals surface area contributed by atoms with Crippen LogP contribution in [0.4, 0.5) is 18.9 Å². The summed E-state index contributed by atoms with van der Waals surface area (Å²) >= 11 is 0.690. The van der Waals surface area contributed by atoms with E-state index < -0.39 is 40.7 Å². The first-order chi connectivity index (χ1) is 15.0. The van der Waals surface area contributed by atoms with Gasteiger partial charge < -0.3 is 10.5 Å². The van der Waals surface area contributed by atoms with E-state index in [1.165, 1.54) is 31.2 Å². The molecule has 0 fully saturated rings. The number of hydrogen-bond donors (Lipinski definition) is 1. The summed E-state index contributed by atoms with van der Waals surface area (Å²) in [5.41, 5.74) is 2.97. The molecule has 0 amide bonds. The monoisotopic (exact) mass is 465 g/mol. The molecule has 2 aromatic carbocycles. The Morgan fingerprint density at radius 1 is 1.22 bits per heavy atom. The minimum absolute atomic E-state index is 0.0425. The smallest absolute Gasteiger partial charge is 0.416 e. The Morgan fingerprint density at radius 2 is 1.88 bits per heavy atom. The van der Waals surface area contributed by atoms with Crippen LogP contribution in [0, 0.1) is 21.4 Å². The summed E-state index contributed by atoms with van der Waals surface area (Å²) in [6.45, 7) is 0.566. The van der Waals surface area contributed by atoms with Gasteiger partial charge in [0, 0.05) is 16.7 Å². The number of nitrogens with zero attached hydrogens (tertiary/aromatic N) is 2. The summed E-state index contributed by atoms with van der Waals surface area (Å²) in [5.74, 6) is -1.78. The van der Waals surface area contributed by atoms with Crippen LogP contribution in [0.25, 0.3) is 0 Å². The normalized spacial score (nSPS) is 11.8. The topological polar surface area (TPSA) is 136 Å². The van der Waals surface area contributed by atoms with Gasteiger partial charge in [-0.3, -0.25) is 14.9 Å². The van der Waals surface area contributed by atoms with Crippen molar-refractivity contribution in [1.29, 1.82) is 5.26 Å². The molecule has 2 N–H and O–H groups in total. The van der Waals surface area contributed by atoms with Crippen molar-refractivity contribution in [3.8, 4) is 6.07 Å². The number of alkyl halides is 3. The number of carbonyl (C=O) groups excluding carboxylic acids is 2. The molecule has 0 spiro atoms. The minimum atomic E-state index is -4.76. The van der Waals surface area contributed by atoms with Crippen molar-refractivity contribution in [2.24, 2.45) is 5.73 Å². The molecular weight excluding hydrogens is 451 g/mol. The third kappa shape index (κ3) is 5.86. The highest BCUT2D eigenvalue weighted by Gasteiger charge is 2.33. The van der Waals surface area contributed by atoms with Crippen molar-refractivity contribution in [3.05, 3.63) is 75.0 Å². The van der Waals surface area contributed by atoms with Gasteiger partial charge in [0.2, 0.25) is 5.78 Å². The second-order valence-electron chi connectivity index (χ2n) is 6.20. The van der Waals surface area contributed by atoms with Crippen LogP contribution in [0.2, 0.25) is 0 Å². The Kier molecular flexibility index (Phi) is 7.61. The van der Waals surface area contributed by atoms with E-state index in [0.717, 1.165) is 6.07 Å². The van der Waals surface area contributed by atoms with Crippen LogP contribution >= 0.6 is 11.8 Å². The number of rotatable bonds is 7. The highest BCUT2D eigenvalue weighted by molar-refractivity contribution is 7.99. The molecule has 0 aliphatic heterocycles. The number of Topliss-reactive ketones (excluding diaryl/α,β-unsaturated/α-hetero) is 1. The number of ether oxygens (including phenoxy) is 1. The standard InChI is InChI=1S/C20H14F3N3O5S/c1-11(25)14(9-24)16(27)10-31-19(28)13-4-2-3-5-17(13)32-18-7-6-12(20(21,22)23)8-15(18)26(29)30/h2-8H,10,25H2,1H3/b14-11+. The third-order valence-electron chi connectivity index (χ3n) is 3.93. The minimum Gasteiger partial charge on any atom is -0.454 e. The number of allylic oxidation sites excluding steroid dienone is 1. The number of nitro groups is 1. The molecule has 0 saturated carbocycles. The van der Waals surface area contributed by atoms with E-state index in [-0.39, 0.29) is 26.6 Å². The number of halogens is 3. The van der Waals surface area contributed by atoms with Gasteiger partial charge in [0.1, 0.15) is 11.6 Å². The van der Waals surface area contributed by atoms with Gasteiger partial charge in [-0.05, 0) is 31.2 Å². The maximum atomic E-state index is 12.9. The molecule has 0 aromatic heterocycles. The van der Waals surface area contributed by atoms with E-state index in [4.69, 9.17) is 15.7 Å². The molecule has 32 heavy (non-hydrogen) atoms. The molecule has 0 aliphatic carbocycles. The lowest BCUT2D eigenvalue weighted by Gasteiger charge is -2.11. The molecule has 0 radical (unpaired) electrons. The molecule has 0 aliphatic rings. The first-order valence-corrected chi connectivity index (χ1v) is 9.46. The van der Waals surface area contributed by atoms with Crippen LogP contribution < -0.4 is 5.73 Å². The average molecular weight is 465 g/mol. The Bertz CT molecular complexity index is 1150. The molecule has 12 heteroatoms. The van der Waals surface area contributed by atoms with E-state index >= 15 is 0 Å². The molecule has 8 nitrogen and oxygen atoms in total. The molecule has 2 aromatic rings. The lowest BCUT2D eigenvalue weighted by molar-refractivity contribution is -0.388. The summed E-state index contributed by atoms with van der Waals surface area (Å²) in [5, 5.41) is 20.2. The largest absolute Gasteiger partial charge is 0.454 e. The van der Waals surface area contributed by atoms with Crippen LogP contribution in [-0.2, 0) is 15.7 Å². The second kappa shape index (κ2) is 9.97. The predicted octanol–water partition coefficient (Wildman–Crippen LogP) is 4.25. The van der Waals surface area contributed by atoms with Gasteiger partial charge in [-0.15, -0.1) is 0 Å². The molecule has 0 atom stereocenters. The lowest BCUT2D eigenvalue weighted by atomic mass is 10.1. The number of nitrogens with two attached hydrogens (primary N) is 1. The molecule has 166 valence electrons. The van der Waals surface area contributed by atoms with Crippen molar-refractivity contribution in [3.63, 3.8) is 0 Å². The van der Waals surface area contributed by atoms with Gasteiger partial charge in [0.25, 0.3) is 5.69 Å². The van der Waals surface area contributed by atoms with Crippen LogP contribution in [0.5, 0.6) is 0 Å². The summed E-state index contributed by atoms with van der Waals surface area (Å²) in [6.07, 6.45) is -4.76. The van der Waals surface area contributed by atoms with Crippen molar-refractivity contribution < 1.29 is 32.4 Å². The lowest BCUT2D eigenvalue weighted by Crippen LogP contribution is -2.18. The van der Waals surface area contributed by atoms with Crippen LogP contribution in [0.1, 0.15) is 22.8 Å². The summed E-state index contributed by atoms with van der Waals surface area (Å²) in [4.78, 5) is 34.7. The number of esters is 1. The van der Waals surface area contributed by atoms with Crippen LogP contribution in [0.3, 0.4) is 0 Å². The average Bonchev–Trinajstić information content (AvgIpc) is 2.72. The molecule has 0 bridgehead atoms. The molecule has 2 rings (SSSR count). The highest BCUT2D eigenvalue weighted by atomic mass is 32.2. The van der Waals surface area contributed by atoms with Crippen LogP contribution in [0.15, 0.2) is 63.5 Å². The number of nitro benzene ring substituents is 1. The first-order valence-electron chi connectivity index (χ1n) is 8.65. The summed E-state index contributed by atoms with van der Waals surface area (Å²) < 4.78 is 43.6. The van der Waals surface area contributed by atoms with E-state index in [1.807, 2.05) is 0 Å². The fourth-order valence-electron chi connectivity index (χ4n) is 2.42. The number of carbonyl (C=O) groups is 2. The Morgan fingerprint density at radius 3 is 2.44 bits per heavy atom. The van der Waals surface area contributed by atoms with E-state index in [9.17, 15) is 32.9 Å². The zero-order valence-corrected chi connectivity index (χ0v) is 17.1. The molecule has 0 heterocycles.